The predicted molar refractivity (Wildman–Crippen MR) is 69.7 cm³/mol. The van der Waals surface area contributed by atoms with Gasteiger partial charge >= 0.3 is 0 Å². The fourth-order valence-electron chi connectivity index (χ4n) is 1.82. The maximum Gasteiger partial charge on any atom is 0.150 e. The Kier molecular flexibility index (Phi) is 4.58. The SMILES string of the molecule is CC(C)NCc1ccc(OC2COCC2O)cc1. The first-order valence-electron chi connectivity index (χ1n) is 6.40. The lowest BCUT2D eigenvalue weighted by atomic mass is 10.2. The smallest absolute Gasteiger partial charge is 0.150 e. The molecule has 2 rings (SSSR count). The third kappa shape index (κ3) is 3.70. The molecule has 4 heteroatoms. The van der Waals surface area contributed by atoms with Gasteiger partial charge in [0.1, 0.15) is 18.0 Å². The van der Waals surface area contributed by atoms with E-state index < -0.39 is 6.10 Å². The minimum absolute atomic E-state index is 0.246. The lowest BCUT2D eigenvalue weighted by Crippen LogP contribution is -2.29. The van der Waals surface area contributed by atoms with Gasteiger partial charge in [0.2, 0.25) is 0 Å². The zero-order valence-electron chi connectivity index (χ0n) is 10.9. The summed E-state index contributed by atoms with van der Waals surface area (Å²) < 4.78 is 10.8. The van der Waals surface area contributed by atoms with E-state index in [9.17, 15) is 5.11 Å². The Morgan fingerprint density at radius 1 is 1.33 bits per heavy atom. The molecule has 0 radical (unpaired) electrons. The topological polar surface area (TPSA) is 50.7 Å². The van der Waals surface area contributed by atoms with Crippen molar-refractivity contribution >= 4 is 0 Å². The van der Waals surface area contributed by atoms with Gasteiger partial charge in [0, 0.05) is 12.6 Å². The Hall–Kier alpha value is -1.10. The van der Waals surface area contributed by atoms with Crippen LogP contribution in [0.3, 0.4) is 0 Å². The van der Waals surface area contributed by atoms with Crippen LogP contribution in [-0.4, -0.2) is 36.6 Å². The Morgan fingerprint density at radius 3 is 2.61 bits per heavy atom. The first kappa shape index (κ1) is 13.3. The first-order valence-corrected chi connectivity index (χ1v) is 6.40. The van der Waals surface area contributed by atoms with Crippen molar-refractivity contribution in [2.45, 2.75) is 38.6 Å². The van der Waals surface area contributed by atoms with E-state index in [-0.39, 0.29) is 6.10 Å². The van der Waals surface area contributed by atoms with Gasteiger partial charge in [-0.15, -0.1) is 0 Å². The molecule has 0 aromatic heterocycles. The second-order valence-electron chi connectivity index (χ2n) is 4.94. The van der Waals surface area contributed by atoms with Crippen LogP contribution in [0.2, 0.25) is 0 Å². The van der Waals surface area contributed by atoms with Crippen LogP contribution < -0.4 is 10.1 Å². The molecule has 18 heavy (non-hydrogen) atoms. The molecule has 100 valence electrons. The van der Waals surface area contributed by atoms with Gasteiger partial charge in [-0.1, -0.05) is 26.0 Å². The van der Waals surface area contributed by atoms with E-state index in [1.807, 2.05) is 24.3 Å². The summed E-state index contributed by atoms with van der Waals surface area (Å²) in [4.78, 5) is 0. The maximum absolute atomic E-state index is 9.59. The van der Waals surface area contributed by atoms with Crippen molar-refractivity contribution < 1.29 is 14.6 Å². The number of nitrogens with one attached hydrogen (secondary N) is 1. The van der Waals surface area contributed by atoms with Crippen molar-refractivity contribution in [3.05, 3.63) is 29.8 Å². The van der Waals surface area contributed by atoms with Crippen LogP contribution in [0.4, 0.5) is 0 Å². The van der Waals surface area contributed by atoms with Crippen LogP contribution in [0.1, 0.15) is 19.4 Å². The molecule has 2 atom stereocenters. The number of benzene rings is 1. The maximum atomic E-state index is 9.59. The van der Waals surface area contributed by atoms with E-state index in [0.717, 1.165) is 12.3 Å². The number of ether oxygens (including phenoxy) is 2. The molecule has 1 aromatic carbocycles. The Bertz CT molecular complexity index is 364. The van der Waals surface area contributed by atoms with Crippen molar-refractivity contribution in [2.24, 2.45) is 0 Å². The molecule has 1 saturated heterocycles. The standard InChI is InChI=1S/C14H21NO3/c1-10(2)15-7-11-3-5-12(6-4-11)18-14-9-17-8-13(14)16/h3-6,10,13-16H,7-9H2,1-2H3. The molecule has 1 aromatic rings. The molecule has 1 fully saturated rings. The number of hydrogen-bond donors (Lipinski definition) is 2. The van der Waals surface area contributed by atoms with E-state index >= 15 is 0 Å². The summed E-state index contributed by atoms with van der Waals surface area (Å²) in [6, 6.07) is 8.41. The van der Waals surface area contributed by atoms with Crippen molar-refractivity contribution in [3.63, 3.8) is 0 Å². The van der Waals surface area contributed by atoms with Crippen molar-refractivity contribution in [3.8, 4) is 5.75 Å². The minimum Gasteiger partial charge on any atom is -0.485 e. The lowest BCUT2D eigenvalue weighted by Gasteiger charge is -2.15. The summed E-state index contributed by atoms with van der Waals surface area (Å²) in [6.07, 6.45) is -0.767. The van der Waals surface area contributed by atoms with Crippen LogP contribution >= 0.6 is 0 Å². The van der Waals surface area contributed by atoms with Gasteiger partial charge < -0.3 is 19.9 Å². The lowest BCUT2D eigenvalue weighted by molar-refractivity contribution is 0.0733. The zero-order chi connectivity index (χ0) is 13.0. The largest absolute Gasteiger partial charge is 0.485 e. The van der Waals surface area contributed by atoms with E-state index in [2.05, 4.69) is 19.2 Å². The molecule has 1 aliphatic rings. The molecule has 1 heterocycles. The molecule has 0 spiro atoms. The molecule has 0 aliphatic carbocycles. The third-order valence-electron chi connectivity index (χ3n) is 2.93. The minimum atomic E-state index is -0.521. The highest BCUT2D eigenvalue weighted by atomic mass is 16.6. The van der Waals surface area contributed by atoms with Gasteiger partial charge in [0.15, 0.2) is 0 Å². The third-order valence-corrected chi connectivity index (χ3v) is 2.93. The quantitative estimate of drug-likeness (QED) is 0.829. The van der Waals surface area contributed by atoms with Gasteiger partial charge in [0.05, 0.1) is 13.2 Å². The average Bonchev–Trinajstić information content (AvgIpc) is 2.74. The summed E-state index contributed by atoms with van der Waals surface area (Å²) in [7, 11) is 0. The van der Waals surface area contributed by atoms with E-state index in [4.69, 9.17) is 9.47 Å². The number of hydrogen-bond acceptors (Lipinski definition) is 4. The molecule has 0 bridgehead atoms. The molecule has 0 amide bonds. The molecule has 4 nitrogen and oxygen atoms in total. The van der Waals surface area contributed by atoms with Crippen LogP contribution in [0.25, 0.3) is 0 Å². The summed E-state index contributed by atoms with van der Waals surface area (Å²) in [5.74, 6) is 0.776. The monoisotopic (exact) mass is 251 g/mol. The molecular weight excluding hydrogens is 230 g/mol. The second kappa shape index (κ2) is 6.18. The molecule has 2 N–H and O–H groups in total. The van der Waals surface area contributed by atoms with E-state index in [0.29, 0.717) is 19.3 Å². The van der Waals surface area contributed by atoms with Crippen molar-refractivity contribution in [1.29, 1.82) is 0 Å². The molecule has 1 aliphatic heterocycles. The number of aliphatic hydroxyl groups is 1. The molecule has 2 unspecified atom stereocenters. The molecular formula is C14H21NO3. The van der Waals surface area contributed by atoms with Crippen molar-refractivity contribution in [2.75, 3.05) is 13.2 Å². The van der Waals surface area contributed by atoms with Gasteiger partial charge in [0.25, 0.3) is 0 Å². The fraction of sp³-hybridized carbons (Fsp3) is 0.571. The number of aliphatic hydroxyl groups excluding tert-OH is 1. The Morgan fingerprint density at radius 2 is 2.06 bits per heavy atom. The van der Waals surface area contributed by atoms with Gasteiger partial charge in [-0.2, -0.15) is 0 Å². The summed E-state index contributed by atoms with van der Waals surface area (Å²) in [5.41, 5.74) is 1.22. The summed E-state index contributed by atoms with van der Waals surface area (Å²) >= 11 is 0. The Balaban J connectivity index is 1.87. The predicted octanol–water partition coefficient (Wildman–Crippen LogP) is 1.32. The summed E-state index contributed by atoms with van der Waals surface area (Å²) in [6.45, 7) is 5.92. The normalized spacial score (nSPS) is 23.6. The highest BCUT2D eigenvalue weighted by Gasteiger charge is 2.27. The van der Waals surface area contributed by atoms with Gasteiger partial charge in [-0.25, -0.2) is 0 Å². The average molecular weight is 251 g/mol. The van der Waals surface area contributed by atoms with Crippen molar-refractivity contribution in [1.82, 2.24) is 5.32 Å². The highest BCUT2D eigenvalue weighted by Crippen LogP contribution is 2.18. The van der Waals surface area contributed by atoms with Crippen LogP contribution in [0.5, 0.6) is 5.75 Å². The van der Waals surface area contributed by atoms with E-state index in [1.54, 1.807) is 0 Å². The van der Waals surface area contributed by atoms with Crippen LogP contribution in [0.15, 0.2) is 24.3 Å². The Labute approximate surface area is 108 Å². The fourth-order valence-corrected chi connectivity index (χ4v) is 1.82. The first-order chi connectivity index (χ1) is 8.65. The zero-order valence-corrected chi connectivity index (χ0v) is 10.9. The molecule has 0 saturated carbocycles. The van der Waals surface area contributed by atoms with Gasteiger partial charge in [-0.3, -0.25) is 0 Å². The summed E-state index contributed by atoms with van der Waals surface area (Å²) in [5, 5.41) is 13.0. The van der Waals surface area contributed by atoms with Crippen LogP contribution in [-0.2, 0) is 11.3 Å². The second-order valence-corrected chi connectivity index (χ2v) is 4.94. The number of rotatable bonds is 5. The highest BCUT2D eigenvalue weighted by molar-refractivity contribution is 5.27. The van der Waals surface area contributed by atoms with Gasteiger partial charge in [-0.05, 0) is 17.7 Å². The van der Waals surface area contributed by atoms with Crippen LogP contribution in [0, 0.1) is 0 Å². The van der Waals surface area contributed by atoms with E-state index in [1.165, 1.54) is 5.56 Å².